The monoisotopic (exact) mass is 164 g/mol. The normalized spacial score (nSPS) is 10.3. The quantitative estimate of drug-likeness (QED) is 0.633. The first-order chi connectivity index (χ1) is 5.68. The molecule has 3 N–H and O–H groups in total. The minimum atomic E-state index is -0.980. The van der Waals surface area contributed by atoms with E-state index in [1.54, 1.807) is 12.1 Å². The lowest BCUT2D eigenvalue weighted by molar-refractivity contribution is -0.131. The number of carbonyl (C=O) groups is 1. The van der Waals surface area contributed by atoms with Crippen LogP contribution < -0.4 is 5.73 Å². The smallest absolute Gasteiger partial charge is 0.328 e. The highest BCUT2D eigenvalue weighted by Crippen LogP contribution is 2.02. The summed E-state index contributed by atoms with van der Waals surface area (Å²) >= 11 is 0. The Kier molecular flexibility index (Phi) is 2.42. The fourth-order valence-corrected chi connectivity index (χ4v) is 0.683. The number of aliphatic carboxylic acids is 1. The highest BCUT2D eigenvalue weighted by Gasteiger charge is 1.89. The van der Waals surface area contributed by atoms with E-state index in [-0.39, 0.29) is 0 Å². The molecule has 12 heavy (non-hydrogen) atoms. The van der Waals surface area contributed by atoms with Crippen LogP contribution in [0.15, 0.2) is 24.4 Å². The lowest BCUT2D eigenvalue weighted by atomic mass is 10.2. The van der Waals surface area contributed by atoms with Gasteiger partial charge >= 0.3 is 5.97 Å². The summed E-state index contributed by atoms with van der Waals surface area (Å²) in [5.41, 5.74) is 6.05. The summed E-state index contributed by atoms with van der Waals surface area (Å²) in [5, 5.41) is 8.30. The summed E-state index contributed by atoms with van der Waals surface area (Å²) in [6, 6.07) is 3.31. The Balaban J connectivity index is 2.77. The number of hydrogen-bond donors (Lipinski definition) is 2. The van der Waals surface area contributed by atoms with Crippen molar-refractivity contribution >= 4 is 17.9 Å². The molecule has 0 bridgehead atoms. The molecule has 0 aliphatic heterocycles. The van der Waals surface area contributed by atoms with Crippen molar-refractivity contribution in [2.24, 2.45) is 0 Å². The van der Waals surface area contributed by atoms with Crippen molar-refractivity contribution in [2.45, 2.75) is 0 Å². The molecule has 0 fully saturated rings. The van der Waals surface area contributed by atoms with Crippen molar-refractivity contribution in [1.82, 2.24) is 4.98 Å². The van der Waals surface area contributed by atoms with Gasteiger partial charge in [-0.05, 0) is 23.8 Å². The molecule has 0 unspecified atom stereocenters. The van der Waals surface area contributed by atoms with Gasteiger partial charge in [0.2, 0.25) is 0 Å². The molecule has 0 spiro atoms. The Bertz CT molecular complexity index is 303. The van der Waals surface area contributed by atoms with Crippen LogP contribution in [0.3, 0.4) is 0 Å². The second-order valence-electron chi connectivity index (χ2n) is 2.19. The number of aromatic nitrogens is 1. The summed E-state index contributed by atoms with van der Waals surface area (Å²) in [6.07, 6.45) is 4.01. The average Bonchev–Trinajstić information content (AvgIpc) is 2.03. The first-order valence-corrected chi connectivity index (χ1v) is 3.31. The molecular formula is C8H8N2O2. The van der Waals surface area contributed by atoms with Gasteiger partial charge in [0.25, 0.3) is 0 Å². The number of nitrogen functional groups attached to an aromatic ring is 1. The SMILES string of the molecule is Nc1ccc(/C=C\C(=O)O)cn1. The minimum absolute atomic E-state index is 0.419. The summed E-state index contributed by atoms with van der Waals surface area (Å²) in [5.74, 6) is -0.561. The molecule has 1 aromatic heterocycles. The molecule has 1 aromatic rings. The van der Waals surface area contributed by atoms with E-state index in [1.165, 1.54) is 12.3 Å². The van der Waals surface area contributed by atoms with Crippen molar-refractivity contribution < 1.29 is 9.90 Å². The van der Waals surface area contributed by atoms with E-state index in [0.717, 1.165) is 6.08 Å². The van der Waals surface area contributed by atoms with Gasteiger partial charge in [-0.1, -0.05) is 0 Å². The predicted molar refractivity (Wildman–Crippen MR) is 45.3 cm³/mol. The summed E-state index contributed by atoms with van der Waals surface area (Å²) in [4.78, 5) is 13.9. The number of rotatable bonds is 2. The van der Waals surface area contributed by atoms with E-state index in [9.17, 15) is 4.79 Å². The highest BCUT2D eigenvalue weighted by atomic mass is 16.4. The third kappa shape index (κ3) is 2.42. The van der Waals surface area contributed by atoms with E-state index in [2.05, 4.69) is 4.98 Å². The minimum Gasteiger partial charge on any atom is -0.478 e. The maximum atomic E-state index is 10.1. The number of nitrogens with two attached hydrogens (primary N) is 1. The Morgan fingerprint density at radius 3 is 2.83 bits per heavy atom. The lowest BCUT2D eigenvalue weighted by Gasteiger charge is -1.92. The molecule has 4 heteroatoms. The third-order valence-electron chi connectivity index (χ3n) is 1.23. The predicted octanol–water partition coefficient (Wildman–Crippen LogP) is 0.762. The molecule has 0 saturated carbocycles. The molecule has 0 radical (unpaired) electrons. The maximum Gasteiger partial charge on any atom is 0.328 e. The Morgan fingerprint density at radius 2 is 2.33 bits per heavy atom. The van der Waals surface area contributed by atoms with Crippen LogP contribution in [0.25, 0.3) is 6.08 Å². The molecule has 0 aromatic carbocycles. The molecule has 0 atom stereocenters. The van der Waals surface area contributed by atoms with Gasteiger partial charge in [-0.2, -0.15) is 0 Å². The van der Waals surface area contributed by atoms with Crippen LogP contribution in [0, 0.1) is 0 Å². The molecule has 4 nitrogen and oxygen atoms in total. The molecular weight excluding hydrogens is 156 g/mol. The highest BCUT2D eigenvalue weighted by molar-refractivity contribution is 5.85. The second-order valence-corrected chi connectivity index (χ2v) is 2.19. The van der Waals surface area contributed by atoms with Crippen molar-refractivity contribution in [3.8, 4) is 0 Å². The van der Waals surface area contributed by atoms with Crippen LogP contribution in [0.5, 0.6) is 0 Å². The third-order valence-corrected chi connectivity index (χ3v) is 1.23. The van der Waals surface area contributed by atoms with Crippen molar-refractivity contribution in [3.05, 3.63) is 30.0 Å². The first-order valence-electron chi connectivity index (χ1n) is 3.31. The topological polar surface area (TPSA) is 76.2 Å². The van der Waals surface area contributed by atoms with Crippen LogP contribution in [0.1, 0.15) is 5.56 Å². The van der Waals surface area contributed by atoms with Crippen LogP contribution in [0.2, 0.25) is 0 Å². The molecule has 0 amide bonds. The Morgan fingerprint density at radius 1 is 1.58 bits per heavy atom. The number of carboxylic acid groups (broad SMARTS) is 1. The van der Waals surface area contributed by atoms with Crippen molar-refractivity contribution in [1.29, 1.82) is 0 Å². The van der Waals surface area contributed by atoms with Gasteiger partial charge in [-0.15, -0.1) is 0 Å². The number of nitrogens with zero attached hydrogens (tertiary/aromatic N) is 1. The number of anilines is 1. The van der Waals surface area contributed by atoms with Crippen LogP contribution in [-0.4, -0.2) is 16.1 Å². The van der Waals surface area contributed by atoms with Gasteiger partial charge < -0.3 is 10.8 Å². The first kappa shape index (κ1) is 8.26. The van der Waals surface area contributed by atoms with Gasteiger partial charge in [-0.3, -0.25) is 0 Å². The van der Waals surface area contributed by atoms with Gasteiger partial charge in [0.05, 0.1) is 0 Å². The van der Waals surface area contributed by atoms with Crippen molar-refractivity contribution in [3.63, 3.8) is 0 Å². The van der Waals surface area contributed by atoms with Crippen LogP contribution >= 0.6 is 0 Å². The molecule has 0 saturated heterocycles. The lowest BCUT2D eigenvalue weighted by Crippen LogP contribution is -1.89. The second kappa shape index (κ2) is 3.52. The van der Waals surface area contributed by atoms with E-state index in [1.807, 2.05) is 0 Å². The van der Waals surface area contributed by atoms with Gasteiger partial charge in [-0.25, -0.2) is 9.78 Å². The molecule has 0 aliphatic rings. The molecule has 62 valence electrons. The van der Waals surface area contributed by atoms with Crippen LogP contribution in [0.4, 0.5) is 5.82 Å². The van der Waals surface area contributed by atoms with E-state index in [0.29, 0.717) is 11.4 Å². The number of carboxylic acids is 1. The Labute approximate surface area is 69.4 Å². The van der Waals surface area contributed by atoms with Crippen LogP contribution in [-0.2, 0) is 4.79 Å². The van der Waals surface area contributed by atoms with E-state index in [4.69, 9.17) is 10.8 Å². The fourth-order valence-electron chi connectivity index (χ4n) is 0.683. The fraction of sp³-hybridized carbons (Fsp3) is 0. The number of hydrogen-bond acceptors (Lipinski definition) is 3. The zero-order valence-electron chi connectivity index (χ0n) is 6.27. The average molecular weight is 164 g/mol. The maximum absolute atomic E-state index is 10.1. The summed E-state index contributed by atoms with van der Waals surface area (Å²) in [7, 11) is 0. The van der Waals surface area contributed by atoms with Gasteiger partial charge in [0, 0.05) is 12.3 Å². The van der Waals surface area contributed by atoms with E-state index < -0.39 is 5.97 Å². The molecule has 0 aliphatic carbocycles. The summed E-state index contributed by atoms with van der Waals surface area (Å²) < 4.78 is 0. The molecule has 1 rings (SSSR count). The number of pyridine rings is 1. The summed E-state index contributed by atoms with van der Waals surface area (Å²) in [6.45, 7) is 0. The zero-order valence-corrected chi connectivity index (χ0v) is 6.27. The largest absolute Gasteiger partial charge is 0.478 e. The van der Waals surface area contributed by atoms with E-state index >= 15 is 0 Å². The van der Waals surface area contributed by atoms with Gasteiger partial charge in [0.15, 0.2) is 0 Å². The van der Waals surface area contributed by atoms with Crippen molar-refractivity contribution in [2.75, 3.05) is 5.73 Å². The Hall–Kier alpha value is -1.84. The zero-order chi connectivity index (χ0) is 8.97. The van der Waals surface area contributed by atoms with Gasteiger partial charge in [0.1, 0.15) is 5.82 Å². The molecule has 1 heterocycles. The standard InChI is InChI=1S/C8H8N2O2/c9-7-3-1-6(5-10-7)2-4-8(11)12/h1-5H,(H2,9,10)(H,11,12)/b4-2-.